The Bertz CT molecular complexity index is 79.5. The highest BCUT2D eigenvalue weighted by Crippen LogP contribution is 2.09. The normalized spacial score (nSPS) is 15.7. The zero-order valence-electron chi connectivity index (χ0n) is 5.49. The van der Waals surface area contributed by atoms with E-state index >= 15 is 0 Å². The first kappa shape index (κ1) is 9.17. The van der Waals surface area contributed by atoms with E-state index in [1.54, 1.807) is 6.92 Å². The SMILES string of the molecule is CC(S)NCC(C)(F)F. The Labute approximate surface area is 59.2 Å². The van der Waals surface area contributed by atoms with Gasteiger partial charge in [0.05, 0.1) is 6.54 Å². The smallest absolute Gasteiger partial charge is 0.257 e. The van der Waals surface area contributed by atoms with Gasteiger partial charge in [-0.25, -0.2) is 8.78 Å². The Morgan fingerprint density at radius 1 is 1.67 bits per heavy atom. The molecule has 1 atom stereocenters. The first-order chi connectivity index (χ1) is 3.92. The maximum absolute atomic E-state index is 12.0. The average molecular weight is 155 g/mol. The zero-order chi connectivity index (χ0) is 7.49. The van der Waals surface area contributed by atoms with E-state index in [0.29, 0.717) is 0 Å². The second-order valence-electron chi connectivity index (χ2n) is 2.13. The van der Waals surface area contributed by atoms with Crippen LogP contribution in [0.4, 0.5) is 8.78 Å². The second kappa shape index (κ2) is 3.37. The maximum atomic E-state index is 12.0. The molecule has 0 aromatic rings. The van der Waals surface area contributed by atoms with Crippen LogP contribution in [-0.4, -0.2) is 17.8 Å². The molecular formula is C5H11F2NS. The van der Waals surface area contributed by atoms with E-state index in [1.807, 2.05) is 0 Å². The van der Waals surface area contributed by atoms with Gasteiger partial charge in [0.25, 0.3) is 5.92 Å². The predicted octanol–water partition coefficient (Wildman–Crippen LogP) is 1.51. The molecule has 0 saturated heterocycles. The fourth-order valence-electron chi connectivity index (χ4n) is 0.327. The standard InChI is InChI=1S/C5H11F2NS/c1-4(9)8-3-5(2,6)7/h4,8-9H,3H2,1-2H3. The summed E-state index contributed by atoms with van der Waals surface area (Å²) in [6.45, 7) is 2.27. The summed E-state index contributed by atoms with van der Waals surface area (Å²) in [6.07, 6.45) is 0. The molecule has 0 rings (SSSR count). The third kappa shape index (κ3) is 8.17. The van der Waals surface area contributed by atoms with Crippen LogP contribution in [0.15, 0.2) is 0 Å². The summed E-state index contributed by atoms with van der Waals surface area (Å²) in [5, 5.41) is 2.33. The average Bonchev–Trinajstić information content (AvgIpc) is 1.59. The van der Waals surface area contributed by atoms with E-state index in [-0.39, 0.29) is 11.9 Å². The molecule has 1 unspecified atom stereocenters. The van der Waals surface area contributed by atoms with Gasteiger partial charge in [0, 0.05) is 12.3 Å². The van der Waals surface area contributed by atoms with Crippen molar-refractivity contribution in [1.82, 2.24) is 5.32 Å². The van der Waals surface area contributed by atoms with Crippen LogP contribution in [-0.2, 0) is 0 Å². The number of hydrogen-bond donors (Lipinski definition) is 2. The third-order valence-electron chi connectivity index (χ3n) is 0.708. The summed E-state index contributed by atoms with van der Waals surface area (Å²) in [6, 6.07) is 0. The van der Waals surface area contributed by atoms with Crippen molar-refractivity contribution in [2.24, 2.45) is 0 Å². The van der Waals surface area contributed by atoms with Crippen LogP contribution in [0.5, 0.6) is 0 Å². The minimum Gasteiger partial charge on any atom is -0.300 e. The van der Waals surface area contributed by atoms with Crippen molar-refractivity contribution < 1.29 is 8.78 Å². The van der Waals surface area contributed by atoms with Crippen LogP contribution in [0.1, 0.15) is 13.8 Å². The zero-order valence-corrected chi connectivity index (χ0v) is 6.38. The van der Waals surface area contributed by atoms with Crippen LogP contribution in [0.3, 0.4) is 0 Å². The quantitative estimate of drug-likeness (QED) is 0.465. The second-order valence-corrected chi connectivity index (χ2v) is 2.90. The van der Waals surface area contributed by atoms with Crippen molar-refractivity contribution in [1.29, 1.82) is 0 Å². The van der Waals surface area contributed by atoms with Crippen molar-refractivity contribution in [3.63, 3.8) is 0 Å². The Morgan fingerprint density at radius 2 is 2.11 bits per heavy atom. The van der Waals surface area contributed by atoms with Gasteiger partial charge in [-0.2, -0.15) is 12.6 Å². The molecule has 0 heterocycles. The molecule has 9 heavy (non-hydrogen) atoms. The van der Waals surface area contributed by atoms with Crippen molar-refractivity contribution in [2.75, 3.05) is 6.54 Å². The van der Waals surface area contributed by atoms with E-state index in [9.17, 15) is 8.78 Å². The number of halogens is 2. The molecule has 0 aliphatic rings. The molecule has 0 bridgehead atoms. The van der Waals surface area contributed by atoms with Gasteiger partial charge in [0.15, 0.2) is 0 Å². The van der Waals surface area contributed by atoms with Crippen LogP contribution in [0.2, 0.25) is 0 Å². The van der Waals surface area contributed by atoms with E-state index in [0.717, 1.165) is 6.92 Å². The summed E-state index contributed by atoms with van der Waals surface area (Å²) in [5.41, 5.74) is 0. The molecule has 0 radical (unpaired) electrons. The Hall–Kier alpha value is 0.170. The van der Waals surface area contributed by atoms with Crippen molar-refractivity contribution in [2.45, 2.75) is 25.1 Å². The summed E-state index contributed by atoms with van der Waals surface area (Å²) in [4.78, 5) is 0. The van der Waals surface area contributed by atoms with E-state index in [2.05, 4.69) is 17.9 Å². The van der Waals surface area contributed by atoms with Gasteiger partial charge in [-0.15, -0.1) is 0 Å². The van der Waals surface area contributed by atoms with Gasteiger partial charge in [0.2, 0.25) is 0 Å². The minimum absolute atomic E-state index is 0.171. The molecule has 4 heteroatoms. The fraction of sp³-hybridized carbons (Fsp3) is 1.00. The lowest BCUT2D eigenvalue weighted by atomic mass is 10.4. The molecule has 0 fully saturated rings. The van der Waals surface area contributed by atoms with Gasteiger partial charge in [-0.3, -0.25) is 5.32 Å². The van der Waals surface area contributed by atoms with Gasteiger partial charge in [-0.05, 0) is 6.92 Å². The van der Waals surface area contributed by atoms with Crippen molar-refractivity contribution in [3.8, 4) is 0 Å². The minimum atomic E-state index is -2.63. The molecule has 56 valence electrons. The number of nitrogens with one attached hydrogen (secondary N) is 1. The fourth-order valence-corrected chi connectivity index (χ4v) is 0.418. The number of alkyl halides is 2. The summed E-state index contributed by atoms with van der Waals surface area (Å²) >= 11 is 3.87. The molecule has 1 N–H and O–H groups in total. The van der Waals surface area contributed by atoms with Gasteiger partial charge in [-0.1, -0.05) is 0 Å². The monoisotopic (exact) mass is 155 g/mol. The van der Waals surface area contributed by atoms with Crippen LogP contribution in [0, 0.1) is 0 Å². The molecule has 0 saturated carbocycles. The van der Waals surface area contributed by atoms with Gasteiger partial charge >= 0.3 is 0 Å². The summed E-state index contributed by atoms with van der Waals surface area (Å²) in [7, 11) is 0. The number of thiol groups is 1. The van der Waals surface area contributed by atoms with Crippen LogP contribution >= 0.6 is 12.6 Å². The Balaban J connectivity index is 3.28. The van der Waals surface area contributed by atoms with E-state index in [1.165, 1.54) is 0 Å². The third-order valence-corrected chi connectivity index (χ3v) is 0.890. The molecule has 0 spiro atoms. The van der Waals surface area contributed by atoms with Crippen molar-refractivity contribution >= 4 is 12.6 Å². The van der Waals surface area contributed by atoms with Crippen molar-refractivity contribution in [3.05, 3.63) is 0 Å². The molecule has 1 nitrogen and oxygen atoms in total. The number of hydrogen-bond acceptors (Lipinski definition) is 2. The molecule has 0 aromatic heterocycles. The lowest BCUT2D eigenvalue weighted by Crippen LogP contribution is -2.33. The van der Waals surface area contributed by atoms with Gasteiger partial charge < -0.3 is 0 Å². The first-order valence-corrected chi connectivity index (χ1v) is 3.23. The predicted molar refractivity (Wildman–Crippen MR) is 37.1 cm³/mol. The lowest BCUT2D eigenvalue weighted by Gasteiger charge is -2.12. The lowest BCUT2D eigenvalue weighted by molar-refractivity contribution is 0.0226. The molecule has 0 aromatic carbocycles. The van der Waals surface area contributed by atoms with Crippen LogP contribution < -0.4 is 5.32 Å². The highest BCUT2D eigenvalue weighted by molar-refractivity contribution is 7.80. The highest BCUT2D eigenvalue weighted by atomic mass is 32.1. The summed E-state index contributed by atoms with van der Waals surface area (Å²) in [5.74, 6) is -2.63. The molecular weight excluding hydrogens is 144 g/mol. The van der Waals surface area contributed by atoms with Gasteiger partial charge in [0.1, 0.15) is 0 Å². The maximum Gasteiger partial charge on any atom is 0.257 e. The molecule has 0 aliphatic heterocycles. The van der Waals surface area contributed by atoms with Crippen LogP contribution in [0.25, 0.3) is 0 Å². The van der Waals surface area contributed by atoms with E-state index < -0.39 is 5.92 Å². The van der Waals surface area contributed by atoms with E-state index in [4.69, 9.17) is 0 Å². The summed E-state index contributed by atoms with van der Waals surface area (Å²) < 4.78 is 24.0. The topological polar surface area (TPSA) is 12.0 Å². The largest absolute Gasteiger partial charge is 0.300 e. The molecule has 0 aliphatic carbocycles. The first-order valence-electron chi connectivity index (χ1n) is 2.71. The Morgan fingerprint density at radius 3 is 2.22 bits per heavy atom. The molecule has 0 amide bonds. The Kier molecular flexibility index (Phi) is 3.43. The highest BCUT2D eigenvalue weighted by Gasteiger charge is 2.20. The number of rotatable bonds is 3.